The summed E-state index contributed by atoms with van der Waals surface area (Å²) in [6.45, 7) is 7.49. The molecule has 3 aromatic heterocycles. The number of hydrogen-bond acceptors (Lipinski definition) is 13. The van der Waals surface area contributed by atoms with Crippen molar-refractivity contribution in [2.75, 3.05) is 32.2 Å². The Bertz CT molecular complexity index is 1700. The first-order chi connectivity index (χ1) is 25.9. The second kappa shape index (κ2) is 19.6. The topological polar surface area (TPSA) is 195 Å². The zero-order chi connectivity index (χ0) is 38.6. The number of phosphoric ester groups is 1. The van der Waals surface area contributed by atoms with Gasteiger partial charge >= 0.3 is 7.82 Å². The molecule has 2 aliphatic heterocycles. The second-order valence-corrected chi connectivity index (χ2v) is 16.3. The largest absolute Gasteiger partial charge is 0.472 e. The minimum atomic E-state index is -4.64. The minimum absolute atomic E-state index is 0.0889. The van der Waals surface area contributed by atoms with Crippen LogP contribution in [0.2, 0.25) is 0 Å². The number of unbranched alkanes of at least 4 members (excludes halogenated alkanes) is 11. The van der Waals surface area contributed by atoms with Gasteiger partial charge in [0.05, 0.1) is 31.1 Å². The molecule has 16 heteroatoms. The number of ether oxygens (including phenoxy) is 5. The Morgan fingerprint density at radius 3 is 2.31 bits per heavy atom. The fourth-order valence-corrected chi connectivity index (χ4v) is 7.78. The van der Waals surface area contributed by atoms with Crippen LogP contribution in [0.5, 0.6) is 5.88 Å². The summed E-state index contributed by atoms with van der Waals surface area (Å²) in [5.74, 6) is -0.414. The van der Waals surface area contributed by atoms with E-state index in [1.165, 1.54) is 70.3 Å². The molecule has 0 radical (unpaired) electrons. The van der Waals surface area contributed by atoms with Crippen LogP contribution >= 0.6 is 7.82 Å². The Hall–Kier alpha value is -3.19. The van der Waals surface area contributed by atoms with Gasteiger partial charge in [0.2, 0.25) is 5.88 Å². The third-order valence-electron chi connectivity index (χ3n) is 9.76. The molecule has 0 saturated carbocycles. The lowest BCUT2D eigenvalue weighted by Crippen LogP contribution is -2.44. The Morgan fingerprint density at radius 1 is 0.944 bits per heavy atom. The van der Waals surface area contributed by atoms with E-state index in [1.807, 2.05) is 12.1 Å². The molecule has 0 amide bonds. The van der Waals surface area contributed by atoms with E-state index in [2.05, 4.69) is 22.0 Å². The molecular formula is C38H57N6O9P. The van der Waals surface area contributed by atoms with Crippen molar-refractivity contribution < 1.29 is 42.2 Å². The molecule has 0 spiro atoms. The smallest absolute Gasteiger partial charge is 0.469 e. The van der Waals surface area contributed by atoms with Gasteiger partial charge in [0.15, 0.2) is 11.6 Å². The predicted octanol–water partition coefficient (Wildman–Crippen LogP) is 7.23. The van der Waals surface area contributed by atoms with Gasteiger partial charge in [-0.1, -0.05) is 77.6 Å². The van der Waals surface area contributed by atoms with E-state index in [4.69, 9.17) is 43.7 Å². The van der Waals surface area contributed by atoms with Crippen molar-refractivity contribution in [1.82, 2.24) is 19.6 Å². The number of aromatic nitrogens is 4. The van der Waals surface area contributed by atoms with E-state index in [1.54, 1.807) is 43.5 Å². The number of pyridine rings is 1. The standard InChI is InChI=1S/C38H57N6O9P/c1-5-6-7-8-9-10-11-12-13-14-15-16-21-47-24-29(50-32-20-17-28(22-39)23-41-32)25-48-54(45,46)49-26-38(4)35-34(51-37(2,3)53-35)33(52-38)30-18-19-31-36(40)42-27-43-44(30)31/h17-20,23,27,29,33-35H,5-16,21,24-26H2,1-4H3,(H,45,46)(H2,40,42,43)/t29-,33+,34+,35+,38-/m1/s1. The molecule has 3 N–H and O–H groups in total. The van der Waals surface area contributed by atoms with E-state index < -0.39 is 43.6 Å². The summed E-state index contributed by atoms with van der Waals surface area (Å²) in [4.78, 5) is 19.1. The van der Waals surface area contributed by atoms with Crippen molar-refractivity contribution in [2.24, 2.45) is 0 Å². The normalized spacial score (nSPS) is 23.6. The number of rotatable bonds is 24. The average molecular weight is 773 g/mol. The Morgan fingerprint density at radius 2 is 1.65 bits per heavy atom. The van der Waals surface area contributed by atoms with Crippen LogP contribution in [-0.4, -0.2) is 80.6 Å². The number of nitriles is 1. The highest BCUT2D eigenvalue weighted by Gasteiger charge is 2.62. The molecule has 2 fully saturated rings. The van der Waals surface area contributed by atoms with Crippen LogP contribution in [0.15, 0.2) is 36.8 Å². The van der Waals surface area contributed by atoms with Gasteiger partial charge in [-0.3, -0.25) is 9.05 Å². The summed E-state index contributed by atoms with van der Waals surface area (Å²) in [6.07, 6.45) is 15.0. The molecule has 2 aliphatic rings. The molecule has 5 heterocycles. The highest BCUT2D eigenvalue weighted by atomic mass is 31.2. The van der Waals surface area contributed by atoms with Gasteiger partial charge in [-0.2, -0.15) is 10.4 Å². The lowest BCUT2D eigenvalue weighted by Gasteiger charge is -2.31. The monoisotopic (exact) mass is 772 g/mol. The van der Waals surface area contributed by atoms with Gasteiger partial charge in [0, 0.05) is 18.9 Å². The lowest BCUT2D eigenvalue weighted by atomic mass is 9.97. The second-order valence-electron chi connectivity index (χ2n) is 14.8. The van der Waals surface area contributed by atoms with Crippen LogP contribution in [0.3, 0.4) is 0 Å². The average Bonchev–Trinajstić information content (AvgIpc) is 3.81. The van der Waals surface area contributed by atoms with Crippen molar-refractivity contribution in [1.29, 1.82) is 5.26 Å². The van der Waals surface area contributed by atoms with Crippen molar-refractivity contribution >= 4 is 19.2 Å². The van der Waals surface area contributed by atoms with Gasteiger partial charge in [-0.15, -0.1) is 0 Å². The fraction of sp³-hybridized carbons (Fsp3) is 0.684. The number of phosphoric acid groups is 1. The van der Waals surface area contributed by atoms with Crippen LogP contribution in [0.4, 0.5) is 5.82 Å². The van der Waals surface area contributed by atoms with Crippen LogP contribution in [0.25, 0.3) is 5.52 Å². The van der Waals surface area contributed by atoms with E-state index in [-0.39, 0.29) is 25.7 Å². The van der Waals surface area contributed by atoms with Gasteiger partial charge in [-0.25, -0.2) is 19.0 Å². The van der Waals surface area contributed by atoms with Crippen molar-refractivity contribution in [3.8, 4) is 11.9 Å². The quantitative estimate of drug-likeness (QED) is 0.0684. The van der Waals surface area contributed by atoms with E-state index in [9.17, 15) is 9.46 Å². The maximum atomic E-state index is 13.3. The summed E-state index contributed by atoms with van der Waals surface area (Å²) in [5, 5.41) is 13.5. The van der Waals surface area contributed by atoms with Crippen molar-refractivity contribution in [3.63, 3.8) is 0 Å². The third-order valence-corrected chi connectivity index (χ3v) is 10.7. The van der Waals surface area contributed by atoms with Gasteiger partial charge in [0.1, 0.15) is 47.9 Å². The maximum Gasteiger partial charge on any atom is 0.472 e. The molecule has 0 bridgehead atoms. The van der Waals surface area contributed by atoms with E-state index in [0.29, 0.717) is 29.2 Å². The summed E-state index contributed by atoms with van der Waals surface area (Å²) in [6, 6.07) is 8.77. The SMILES string of the molecule is CCCCCCCCCCCCCCOC[C@H](COP(=O)(O)OC[C@@]1(C)O[C@@H](c2ccc3c(N)ncnn23)[C@@H]2OC(C)(C)O[C@@H]21)Oc1ccc(C#N)cn1. The van der Waals surface area contributed by atoms with Crippen LogP contribution in [0.1, 0.15) is 122 Å². The number of fused-ring (bicyclic) bond motifs is 2. The first-order valence-electron chi connectivity index (χ1n) is 19.3. The Balaban J connectivity index is 1.11. The molecule has 6 atom stereocenters. The third kappa shape index (κ3) is 11.7. The summed E-state index contributed by atoms with van der Waals surface area (Å²) in [5.41, 5.74) is 6.48. The maximum absolute atomic E-state index is 13.3. The molecule has 298 valence electrons. The van der Waals surface area contributed by atoms with Crippen LogP contribution in [-0.2, 0) is 32.6 Å². The predicted molar refractivity (Wildman–Crippen MR) is 200 cm³/mol. The molecular weight excluding hydrogens is 715 g/mol. The lowest BCUT2D eigenvalue weighted by molar-refractivity contribution is -0.212. The molecule has 0 aliphatic carbocycles. The summed E-state index contributed by atoms with van der Waals surface area (Å²) < 4.78 is 56.8. The molecule has 5 rings (SSSR count). The Kier molecular flexibility index (Phi) is 15.2. The number of nitrogens with two attached hydrogens (primary N) is 1. The molecule has 54 heavy (non-hydrogen) atoms. The highest BCUT2D eigenvalue weighted by molar-refractivity contribution is 7.47. The van der Waals surface area contributed by atoms with Crippen LogP contribution in [0, 0.1) is 11.3 Å². The zero-order valence-corrected chi connectivity index (χ0v) is 33.0. The van der Waals surface area contributed by atoms with Crippen molar-refractivity contribution in [2.45, 2.75) is 141 Å². The van der Waals surface area contributed by atoms with Gasteiger partial charge < -0.3 is 34.3 Å². The molecule has 0 aromatic carbocycles. The zero-order valence-electron chi connectivity index (χ0n) is 32.1. The first-order valence-corrected chi connectivity index (χ1v) is 20.8. The van der Waals surface area contributed by atoms with Crippen molar-refractivity contribution in [3.05, 3.63) is 48.0 Å². The number of anilines is 1. The first kappa shape index (κ1) is 42.0. The molecule has 15 nitrogen and oxygen atoms in total. The fourth-order valence-electron chi connectivity index (χ4n) is 6.93. The highest BCUT2D eigenvalue weighted by Crippen LogP contribution is 2.52. The van der Waals surface area contributed by atoms with Crippen LogP contribution < -0.4 is 10.5 Å². The Labute approximate surface area is 318 Å². The number of nitrogen functional groups attached to an aromatic ring is 1. The van der Waals surface area contributed by atoms with E-state index >= 15 is 0 Å². The molecule has 1 unspecified atom stereocenters. The van der Waals surface area contributed by atoms with E-state index in [0.717, 1.165) is 19.3 Å². The van der Waals surface area contributed by atoms with Gasteiger partial charge in [-0.05, 0) is 45.4 Å². The number of hydrogen-bond donors (Lipinski definition) is 2. The summed E-state index contributed by atoms with van der Waals surface area (Å²) >= 11 is 0. The summed E-state index contributed by atoms with van der Waals surface area (Å²) in [7, 11) is -4.64. The molecule has 2 saturated heterocycles. The molecule has 3 aromatic rings. The minimum Gasteiger partial charge on any atom is -0.469 e. The van der Waals surface area contributed by atoms with Gasteiger partial charge in [0.25, 0.3) is 0 Å². The number of nitrogens with zero attached hydrogens (tertiary/aromatic N) is 5.